The lowest BCUT2D eigenvalue weighted by atomic mass is 10.0. The van der Waals surface area contributed by atoms with Crippen LogP contribution in [0.4, 0.5) is 4.39 Å². The van der Waals surface area contributed by atoms with E-state index in [9.17, 15) is 9.18 Å². The largest absolute Gasteiger partial charge is 0.496 e. The van der Waals surface area contributed by atoms with Gasteiger partial charge >= 0.3 is 0 Å². The first-order valence-electron chi connectivity index (χ1n) is 9.25. The predicted octanol–water partition coefficient (Wildman–Crippen LogP) is 5.99. The number of benzene rings is 3. The molecule has 0 aromatic heterocycles. The van der Waals surface area contributed by atoms with Crippen molar-refractivity contribution in [2.75, 3.05) is 7.11 Å². The summed E-state index contributed by atoms with van der Waals surface area (Å²) in [6.45, 7) is 1.99. The zero-order valence-corrected chi connectivity index (χ0v) is 17.1. The van der Waals surface area contributed by atoms with Crippen LogP contribution in [-0.2, 0) is 6.61 Å². The molecule has 0 atom stereocenters. The van der Waals surface area contributed by atoms with Crippen molar-refractivity contribution in [3.8, 4) is 17.2 Å². The van der Waals surface area contributed by atoms with Crippen LogP contribution in [0.5, 0.6) is 17.2 Å². The number of fused-ring (bicyclic) bond motifs is 1. The lowest BCUT2D eigenvalue weighted by Crippen LogP contribution is -2.00. The van der Waals surface area contributed by atoms with E-state index in [-0.39, 0.29) is 18.1 Å². The van der Waals surface area contributed by atoms with Crippen LogP contribution in [0.25, 0.3) is 6.08 Å². The molecule has 152 valence electrons. The average Bonchev–Trinajstić information content (AvgIpc) is 3.03. The second-order valence-electron chi connectivity index (χ2n) is 6.82. The van der Waals surface area contributed by atoms with E-state index in [1.807, 2.05) is 31.2 Å². The third-order valence-electron chi connectivity index (χ3n) is 4.78. The molecule has 0 fully saturated rings. The van der Waals surface area contributed by atoms with Gasteiger partial charge in [-0.05, 0) is 42.8 Å². The topological polar surface area (TPSA) is 44.8 Å². The molecule has 0 aliphatic carbocycles. The van der Waals surface area contributed by atoms with E-state index in [0.29, 0.717) is 33.4 Å². The summed E-state index contributed by atoms with van der Waals surface area (Å²) in [6.07, 6.45) is 1.67. The number of rotatable bonds is 5. The van der Waals surface area contributed by atoms with E-state index in [4.69, 9.17) is 25.8 Å². The summed E-state index contributed by atoms with van der Waals surface area (Å²) in [5.74, 6) is 1.23. The van der Waals surface area contributed by atoms with Crippen molar-refractivity contribution in [3.05, 3.63) is 93.5 Å². The highest BCUT2D eigenvalue weighted by atomic mass is 35.5. The summed E-state index contributed by atoms with van der Waals surface area (Å²) >= 11 is 6.05. The summed E-state index contributed by atoms with van der Waals surface area (Å²) in [7, 11) is 1.57. The number of hydrogen-bond donors (Lipinski definition) is 0. The van der Waals surface area contributed by atoms with Gasteiger partial charge in [-0.15, -0.1) is 0 Å². The predicted molar refractivity (Wildman–Crippen MR) is 113 cm³/mol. The molecule has 0 radical (unpaired) electrons. The normalized spacial score (nSPS) is 13.9. The first-order chi connectivity index (χ1) is 14.5. The van der Waals surface area contributed by atoms with Crippen LogP contribution in [0, 0.1) is 12.7 Å². The van der Waals surface area contributed by atoms with Crippen LogP contribution < -0.4 is 14.2 Å². The molecule has 0 unspecified atom stereocenters. The van der Waals surface area contributed by atoms with Crippen LogP contribution in [0.3, 0.4) is 0 Å². The standard InChI is InChI=1S/C24H18ClFO4/c1-14-9-18(29-13-16-7-8-17(26)11-19(16)25)12-21-23(14)24(27)22(30-21)10-15-5-3-4-6-20(15)28-2/h3-12H,13H2,1-2H3/b22-10-. The van der Waals surface area contributed by atoms with Gasteiger partial charge in [-0.1, -0.05) is 35.9 Å². The fraction of sp³-hybridized carbons (Fsp3) is 0.125. The fourth-order valence-corrected chi connectivity index (χ4v) is 3.51. The van der Waals surface area contributed by atoms with Crippen LogP contribution in [-0.4, -0.2) is 12.9 Å². The SMILES string of the molecule is COc1ccccc1/C=C1\Oc2cc(OCc3ccc(F)cc3Cl)cc(C)c2C1=O. The van der Waals surface area contributed by atoms with Gasteiger partial charge in [0.1, 0.15) is 29.7 Å². The first kappa shape index (κ1) is 20.0. The summed E-state index contributed by atoms with van der Waals surface area (Å²) in [5.41, 5.74) is 2.64. The Kier molecular flexibility index (Phi) is 5.46. The second kappa shape index (κ2) is 8.20. The molecule has 0 spiro atoms. The van der Waals surface area contributed by atoms with Crippen LogP contribution in [0.1, 0.15) is 27.0 Å². The number of ketones is 1. The molecule has 4 nitrogen and oxygen atoms in total. The molecule has 3 aromatic rings. The highest BCUT2D eigenvalue weighted by Crippen LogP contribution is 2.38. The van der Waals surface area contributed by atoms with Gasteiger partial charge in [0.05, 0.1) is 17.7 Å². The van der Waals surface area contributed by atoms with E-state index in [1.54, 1.807) is 31.4 Å². The van der Waals surface area contributed by atoms with Crippen molar-refractivity contribution < 1.29 is 23.4 Å². The van der Waals surface area contributed by atoms with Gasteiger partial charge in [0.2, 0.25) is 5.78 Å². The Labute approximate surface area is 178 Å². The number of allylic oxidation sites excluding steroid dienone is 1. The van der Waals surface area contributed by atoms with Gasteiger partial charge in [0, 0.05) is 17.2 Å². The lowest BCUT2D eigenvalue weighted by Gasteiger charge is -2.10. The van der Waals surface area contributed by atoms with Crippen LogP contribution in [0.15, 0.2) is 60.4 Å². The molecular formula is C24H18ClFO4. The van der Waals surface area contributed by atoms with E-state index in [0.717, 1.165) is 11.1 Å². The van der Waals surface area contributed by atoms with Crippen molar-refractivity contribution in [1.82, 2.24) is 0 Å². The maximum absolute atomic E-state index is 13.2. The Morgan fingerprint density at radius 3 is 2.70 bits per heavy atom. The molecule has 1 heterocycles. The van der Waals surface area contributed by atoms with Gasteiger partial charge < -0.3 is 14.2 Å². The van der Waals surface area contributed by atoms with Crippen molar-refractivity contribution in [2.45, 2.75) is 13.5 Å². The minimum atomic E-state index is -0.404. The van der Waals surface area contributed by atoms with E-state index < -0.39 is 5.82 Å². The number of methoxy groups -OCH3 is 1. The number of halogens is 2. The van der Waals surface area contributed by atoms with E-state index >= 15 is 0 Å². The third-order valence-corrected chi connectivity index (χ3v) is 5.13. The highest BCUT2D eigenvalue weighted by Gasteiger charge is 2.30. The van der Waals surface area contributed by atoms with Crippen molar-refractivity contribution >= 4 is 23.5 Å². The van der Waals surface area contributed by atoms with Crippen LogP contribution in [0.2, 0.25) is 5.02 Å². The number of ether oxygens (including phenoxy) is 3. The highest BCUT2D eigenvalue weighted by molar-refractivity contribution is 6.31. The Bertz CT molecular complexity index is 1170. The summed E-state index contributed by atoms with van der Waals surface area (Å²) in [4.78, 5) is 12.9. The molecule has 1 aliphatic heterocycles. The molecule has 0 saturated carbocycles. The number of carbonyl (C=O) groups is 1. The number of Topliss-reactive ketones (excluding diaryl/α,β-unsaturated/α-hetero) is 1. The Morgan fingerprint density at radius 2 is 1.93 bits per heavy atom. The lowest BCUT2D eigenvalue weighted by molar-refractivity contribution is 0.101. The molecule has 3 aromatic carbocycles. The van der Waals surface area contributed by atoms with Gasteiger partial charge in [-0.3, -0.25) is 4.79 Å². The van der Waals surface area contributed by atoms with Gasteiger partial charge in [-0.25, -0.2) is 4.39 Å². The smallest absolute Gasteiger partial charge is 0.232 e. The number of carbonyl (C=O) groups excluding carboxylic acids is 1. The summed E-state index contributed by atoms with van der Waals surface area (Å²) in [5, 5.41) is 0.293. The molecule has 1 aliphatic rings. The Hall–Kier alpha value is -3.31. The van der Waals surface area contributed by atoms with Crippen LogP contribution >= 0.6 is 11.6 Å². The zero-order chi connectivity index (χ0) is 21.3. The molecule has 0 saturated heterocycles. The molecule has 6 heteroatoms. The number of aryl methyl sites for hydroxylation is 1. The van der Waals surface area contributed by atoms with Gasteiger partial charge in [-0.2, -0.15) is 0 Å². The van der Waals surface area contributed by atoms with Crippen molar-refractivity contribution in [1.29, 1.82) is 0 Å². The van der Waals surface area contributed by atoms with E-state index in [1.165, 1.54) is 12.1 Å². The molecule has 30 heavy (non-hydrogen) atoms. The zero-order valence-electron chi connectivity index (χ0n) is 16.4. The quantitative estimate of drug-likeness (QED) is 0.472. The Morgan fingerprint density at radius 1 is 1.13 bits per heavy atom. The van der Waals surface area contributed by atoms with Crippen molar-refractivity contribution in [2.24, 2.45) is 0 Å². The van der Waals surface area contributed by atoms with Crippen molar-refractivity contribution in [3.63, 3.8) is 0 Å². The maximum atomic E-state index is 13.2. The summed E-state index contributed by atoms with van der Waals surface area (Å²) < 4.78 is 30.2. The summed E-state index contributed by atoms with van der Waals surface area (Å²) in [6, 6.07) is 15.0. The molecule has 4 rings (SSSR count). The average molecular weight is 425 g/mol. The minimum Gasteiger partial charge on any atom is -0.496 e. The molecule has 0 N–H and O–H groups in total. The second-order valence-corrected chi connectivity index (χ2v) is 7.23. The number of para-hydroxylation sites is 1. The minimum absolute atomic E-state index is 0.162. The molecular weight excluding hydrogens is 407 g/mol. The number of hydrogen-bond acceptors (Lipinski definition) is 4. The Balaban J connectivity index is 1.58. The fourth-order valence-electron chi connectivity index (χ4n) is 3.29. The molecule has 0 bridgehead atoms. The van der Waals surface area contributed by atoms with E-state index in [2.05, 4.69) is 0 Å². The van der Waals surface area contributed by atoms with Gasteiger partial charge in [0.25, 0.3) is 0 Å². The first-order valence-corrected chi connectivity index (χ1v) is 9.62. The van der Waals surface area contributed by atoms with Gasteiger partial charge in [0.15, 0.2) is 5.76 Å². The maximum Gasteiger partial charge on any atom is 0.232 e. The molecule has 0 amide bonds. The third kappa shape index (κ3) is 3.89. The monoisotopic (exact) mass is 424 g/mol.